The number of amides is 2. The molecule has 6 aromatic rings. The fourth-order valence-electron chi connectivity index (χ4n) is 12.5. The first kappa shape index (κ1) is 42.8. The Bertz CT molecular complexity index is 2850. The molecule has 6 aliphatic carbocycles. The Kier molecular flexibility index (Phi) is 11.1. The number of ether oxygens (including phenoxy) is 1. The highest BCUT2D eigenvalue weighted by Crippen LogP contribution is 2.48. The number of hydrogen-bond donors (Lipinski definition) is 2. The van der Waals surface area contributed by atoms with Crippen LogP contribution in [-0.4, -0.2) is 65.2 Å². The average Bonchev–Trinajstić information content (AvgIpc) is 4.11. The minimum Gasteiger partial charge on any atom is -0.444 e. The van der Waals surface area contributed by atoms with Crippen LogP contribution in [0.25, 0.3) is 44.3 Å². The molecular weight excluding hydrogens is 821 g/mol. The van der Waals surface area contributed by atoms with Crippen molar-refractivity contribution in [2.45, 2.75) is 160 Å². The second kappa shape index (κ2) is 17.1. The van der Waals surface area contributed by atoms with Crippen LogP contribution in [-0.2, 0) is 40.0 Å². The van der Waals surface area contributed by atoms with E-state index >= 15 is 0 Å². The van der Waals surface area contributed by atoms with Gasteiger partial charge < -0.3 is 19.6 Å². The molecule has 10 nitrogen and oxygen atoms in total. The van der Waals surface area contributed by atoms with E-state index < -0.39 is 5.60 Å². The van der Waals surface area contributed by atoms with Crippen LogP contribution in [0.2, 0.25) is 0 Å². The van der Waals surface area contributed by atoms with E-state index in [9.17, 15) is 14.4 Å². The molecule has 0 radical (unpaired) electrons. The minimum absolute atomic E-state index is 0.00158. The normalized spacial score (nSPS) is 24.1. The molecule has 10 heteroatoms. The molecule has 66 heavy (non-hydrogen) atoms. The van der Waals surface area contributed by atoms with Gasteiger partial charge in [-0.3, -0.25) is 14.5 Å². The molecule has 4 aromatic carbocycles. The highest BCUT2D eigenvalue weighted by Gasteiger charge is 2.48. The Hall–Kier alpha value is -5.77. The Morgan fingerprint density at radius 3 is 1.65 bits per heavy atom. The number of benzene rings is 4. The van der Waals surface area contributed by atoms with E-state index in [1.807, 2.05) is 37.5 Å². The van der Waals surface area contributed by atoms with Crippen LogP contribution in [0.4, 0.5) is 4.79 Å². The highest BCUT2D eigenvalue weighted by molar-refractivity contribution is 5.98. The minimum atomic E-state index is -0.560. The molecule has 14 rings (SSSR count). The number of nitrogens with zero attached hydrogens (tertiary/aromatic N) is 4. The van der Waals surface area contributed by atoms with Crippen molar-refractivity contribution >= 4 is 39.9 Å². The van der Waals surface area contributed by atoms with Crippen molar-refractivity contribution in [3.05, 3.63) is 107 Å². The van der Waals surface area contributed by atoms with Crippen molar-refractivity contribution in [2.75, 3.05) is 0 Å². The monoisotopic (exact) mass is 884 g/mol. The second-order valence-electron chi connectivity index (χ2n) is 21.2. The van der Waals surface area contributed by atoms with E-state index in [1.165, 1.54) is 46.2 Å². The first-order chi connectivity index (χ1) is 32.0. The average molecular weight is 885 g/mol. The molecule has 0 unspecified atom stereocenters. The molecule has 342 valence electrons. The Morgan fingerprint density at radius 2 is 1.14 bits per heavy atom. The maximum absolute atomic E-state index is 13.7. The number of nitrogens with one attached hydrogen (secondary N) is 2. The van der Waals surface area contributed by atoms with E-state index in [1.54, 1.807) is 0 Å². The summed E-state index contributed by atoms with van der Waals surface area (Å²) in [5.41, 5.74) is 13.3. The number of aromatic nitrogens is 4. The summed E-state index contributed by atoms with van der Waals surface area (Å²) in [4.78, 5) is 61.6. The van der Waals surface area contributed by atoms with Gasteiger partial charge in [0.15, 0.2) is 0 Å². The van der Waals surface area contributed by atoms with E-state index in [4.69, 9.17) is 14.7 Å². The number of aryl methyl sites for hydroxylation is 4. The molecule has 0 spiro atoms. The van der Waals surface area contributed by atoms with Crippen LogP contribution >= 0.6 is 0 Å². The molecule has 8 aliphatic rings. The van der Waals surface area contributed by atoms with Gasteiger partial charge in [-0.25, -0.2) is 14.8 Å². The number of rotatable bonds is 7. The topological polar surface area (TPSA) is 124 Å². The van der Waals surface area contributed by atoms with Crippen LogP contribution < -0.4 is 0 Å². The molecule has 4 fully saturated rings. The van der Waals surface area contributed by atoms with Crippen LogP contribution in [0, 0.1) is 11.8 Å². The zero-order valence-corrected chi connectivity index (χ0v) is 39.1. The van der Waals surface area contributed by atoms with Crippen molar-refractivity contribution in [3.63, 3.8) is 0 Å². The lowest BCUT2D eigenvalue weighted by Gasteiger charge is -2.34. The third-order valence-corrected chi connectivity index (χ3v) is 15.8. The fourth-order valence-corrected chi connectivity index (χ4v) is 12.5. The summed E-state index contributed by atoms with van der Waals surface area (Å²) in [5.74, 6) is 2.58. The summed E-state index contributed by atoms with van der Waals surface area (Å²) in [7, 11) is 0. The van der Waals surface area contributed by atoms with Gasteiger partial charge in [0, 0.05) is 18.5 Å². The van der Waals surface area contributed by atoms with Gasteiger partial charge in [0.05, 0.1) is 40.6 Å². The summed E-state index contributed by atoms with van der Waals surface area (Å²) in [6, 6.07) is 27.4. The number of carbonyl (C=O) groups excluding carboxylic acids is 3. The quantitative estimate of drug-likeness (QED) is 0.154. The first-order valence-corrected chi connectivity index (χ1v) is 25.0. The second-order valence-corrected chi connectivity index (χ2v) is 21.2. The number of imidazole rings is 2. The number of fused-ring (bicyclic) bond motifs is 4. The molecule has 2 aliphatic heterocycles. The van der Waals surface area contributed by atoms with Gasteiger partial charge in [-0.15, -0.1) is 0 Å². The van der Waals surface area contributed by atoms with Crippen molar-refractivity contribution in [1.29, 1.82) is 0 Å². The van der Waals surface area contributed by atoms with Crippen molar-refractivity contribution in [3.8, 4) is 22.3 Å². The number of hydrogen-bond acceptors (Lipinski definition) is 6. The molecule has 2 N–H and O–H groups in total. The molecular formula is C56H64N6O4. The largest absolute Gasteiger partial charge is 0.444 e. The van der Waals surface area contributed by atoms with Gasteiger partial charge in [-0.05, 0) is 166 Å². The van der Waals surface area contributed by atoms with E-state index in [-0.39, 0.29) is 48.4 Å². The SMILES string of the molecule is CCC(=O)CC(=O)N1[C@H](c2nc3cc(-c4cc5ccc4CCc4ccc(c(-c6ccc7[nH]c([C@@H]8C[C@@H]9CCCC[C@@H]9N8C(=O)OC(C)(C)C)nc7c6)c4)CC5)ccc3[nH]2)C[C@@H]2CCCC[C@@H]21. The molecule has 4 bridgehead atoms. The Morgan fingerprint density at radius 1 is 0.636 bits per heavy atom. The molecule has 2 saturated carbocycles. The lowest BCUT2D eigenvalue weighted by Crippen LogP contribution is -2.43. The number of H-pyrrole nitrogens is 2. The fraction of sp³-hybridized carbons (Fsp3) is 0.482. The summed E-state index contributed by atoms with van der Waals surface area (Å²) < 4.78 is 5.99. The first-order valence-electron chi connectivity index (χ1n) is 25.0. The summed E-state index contributed by atoms with van der Waals surface area (Å²) in [5, 5.41) is 0. The van der Waals surface area contributed by atoms with Gasteiger partial charge in [0.2, 0.25) is 5.91 Å². The van der Waals surface area contributed by atoms with Crippen LogP contribution in [0.3, 0.4) is 0 Å². The molecule has 2 aromatic heterocycles. The molecule has 2 amide bonds. The Balaban J connectivity index is 0.852. The van der Waals surface area contributed by atoms with Gasteiger partial charge in [0.1, 0.15) is 23.0 Å². The lowest BCUT2D eigenvalue weighted by atomic mass is 9.84. The lowest BCUT2D eigenvalue weighted by molar-refractivity contribution is -0.138. The molecule has 2 saturated heterocycles. The van der Waals surface area contributed by atoms with Crippen molar-refractivity contribution < 1.29 is 19.1 Å². The smallest absolute Gasteiger partial charge is 0.411 e. The number of likely N-dealkylation sites (tertiary alicyclic amines) is 2. The molecule has 6 atom stereocenters. The molecule has 4 heterocycles. The number of carbonyl (C=O) groups is 3. The predicted molar refractivity (Wildman–Crippen MR) is 259 cm³/mol. The van der Waals surface area contributed by atoms with E-state index in [0.717, 1.165) is 122 Å². The summed E-state index contributed by atoms with van der Waals surface area (Å²) in [6.45, 7) is 7.67. The van der Waals surface area contributed by atoms with Gasteiger partial charge in [-0.1, -0.05) is 81.1 Å². The zero-order valence-electron chi connectivity index (χ0n) is 39.1. The maximum atomic E-state index is 13.7. The standard InChI is InChI=1S/C56H64N6O4/c1-5-41(63)32-52(64)61-48-12-8-6-10-39(48)30-50(61)53-57-44-24-22-37(28-46(44)59-53)42-26-33-14-18-35(42)19-15-34-17-21-36(20-16-33)43(27-34)38-23-25-45-47(29-38)60-54(58-45)51-31-40-11-7-9-13-49(40)62(51)55(65)66-56(2,3)4/h14,17-18,21-29,39-40,48-51H,5-13,15-16,19-20,30-32H2,1-4H3,(H,57,59)(H,58,60)/t39-,40-,48-,49-,50-,51-/m0/s1. The number of ketones is 1. The summed E-state index contributed by atoms with van der Waals surface area (Å²) in [6.07, 6.45) is 14.5. The third kappa shape index (κ3) is 8.12. The third-order valence-electron chi connectivity index (χ3n) is 15.8. The number of aromatic amines is 2. The predicted octanol–water partition coefficient (Wildman–Crippen LogP) is 12.1. The van der Waals surface area contributed by atoms with Gasteiger partial charge in [0.25, 0.3) is 0 Å². The van der Waals surface area contributed by atoms with Crippen LogP contribution in [0.15, 0.2) is 72.8 Å². The van der Waals surface area contributed by atoms with E-state index in [2.05, 4.69) is 82.8 Å². The van der Waals surface area contributed by atoms with Crippen LogP contribution in [0.5, 0.6) is 0 Å². The maximum Gasteiger partial charge on any atom is 0.411 e. The number of Topliss-reactive ketones (excluding diaryl/α,β-unsaturated/α-hetero) is 1. The van der Waals surface area contributed by atoms with Gasteiger partial charge >= 0.3 is 6.09 Å². The van der Waals surface area contributed by atoms with Gasteiger partial charge in [-0.2, -0.15) is 0 Å². The van der Waals surface area contributed by atoms with E-state index in [0.29, 0.717) is 18.3 Å². The van der Waals surface area contributed by atoms with Crippen molar-refractivity contribution in [1.82, 2.24) is 29.7 Å². The summed E-state index contributed by atoms with van der Waals surface area (Å²) >= 11 is 0. The van der Waals surface area contributed by atoms with Crippen LogP contribution in [0.1, 0.15) is 151 Å². The Labute approximate surface area is 388 Å². The van der Waals surface area contributed by atoms with Crippen molar-refractivity contribution in [2.24, 2.45) is 11.8 Å². The zero-order chi connectivity index (χ0) is 45.3. The highest BCUT2D eigenvalue weighted by atomic mass is 16.6.